The number of hydrogen-bond acceptors (Lipinski definition) is 4. The Balaban J connectivity index is 1.77. The minimum atomic E-state index is 0.230. The molecule has 0 saturated carbocycles. The van der Waals surface area contributed by atoms with Gasteiger partial charge in [-0.25, -0.2) is 0 Å². The Morgan fingerprint density at radius 2 is 2.17 bits per heavy atom. The number of hydrogen-bond donors (Lipinski definition) is 1. The summed E-state index contributed by atoms with van der Waals surface area (Å²) in [6, 6.07) is 7.49. The quantitative estimate of drug-likeness (QED) is 0.479. The Bertz CT molecular complexity index is 428. The molecule has 5 heteroatoms. The van der Waals surface area contributed by atoms with E-state index in [0.29, 0.717) is 19.6 Å². The summed E-state index contributed by atoms with van der Waals surface area (Å²) in [5, 5.41) is 3.45. The number of likely N-dealkylation sites (tertiary alicyclic amines) is 1. The zero-order chi connectivity index (χ0) is 12.8. The van der Waals surface area contributed by atoms with Gasteiger partial charge in [0, 0.05) is 13.0 Å². The van der Waals surface area contributed by atoms with Gasteiger partial charge in [0.2, 0.25) is 5.91 Å². The van der Waals surface area contributed by atoms with E-state index < -0.39 is 0 Å². The van der Waals surface area contributed by atoms with Crippen molar-refractivity contribution >= 4 is 12.1 Å². The molecule has 0 aromatic heterocycles. The van der Waals surface area contributed by atoms with Crippen LogP contribution >= 0.6 is 0 Å². The van der Waals surface area contributed by atoms with Crippen molar-refractivity contribution in [3.05, 3.63) is 29.8 Å². The van der Waals surface area contributed by atoms with E-state index >= 15 is 0 Å². The van der Waals surface area contributed by atoms with Crippen LogP contribution in [-0.2, 0) is 4.79 Å². The second-order valence-corrected chi connectivity index (χ2v) is 4.18. The maximum atomic E-state index is 11.4. The molecule has 18 heavy (non-hydrogen) atoms. The zero-order valence-electron chi connectivity index (χ0n) is 10.2. The van der Waals surface area contributed by atoms with Crippen LogP contribution in [0.3, 0.4) is 0 Å². The third-order valence-electron chi connectivity index (χ3n) is 2.91. The standard InChI is InChI=1S/C13H17N3O2/c14-15-10-11-3-5-12(6-4-11)18-9-8-16-7-1-2-13(16)17/h3-6,10H,1-2,7-9,14H2. The summed E-state index contributed by atoms with van der Waals surface area (Å²) in [6.07, 6.45) is 3.21. The molecule has 1 saturated heterocycles. The molecule has 1 fully saturated rings. The summed E-state index contributed by atoms with van der Waals surface area (Å²) in [5.74, 6) is 6.08. The molecule has 5 nitrogen and oxygen atoms in total. The highest BCUT2D eigenvalue weighted by atomic mass is 16.5. The molecule has 96 valence electrons. The van der Waals surface area contributed by atoms with Crippen LogP contribution in [0.25, 0.3) is 0 Å². The molecule has 0 radical (unpaired) electrons. The van der Waals surface area contributed by atoms with Crippen molar-refractivity contribution < 1.29 is 9.53 Å². The van der Waals surface area contributed by atoms with Gasteiger partial charge in [-0.3, -0.25) is 4.79 Å². The van der Waals surface area contributed by atoms with Gasteiger partial charge in [-0.15, -0.1) is 0 Å². The minimum absolute atomic E-state index is 0.230. The first-order chi connectivity index (χ1) is 8.79. The zero-order valence-corrected chi connectivity index (χ0v) is 10.2. The van der Waals surface area contributed by atoms with Crippen molar-refractivity contribution in [2.75, 3.05) is 19.7 Å². The van der Waals surface area contributed by atoms with Crippen molar-refractivity contribution in [2.45, 2.75) is 12.8 Å². The van der Waals surface area contributed by atoms with Gasteiger partial charge in [0.1, 0.15) is 12.4 Å². The van der Waals surface area contributed by atoms with Gasteiger partial charge in [0.25, 0.3) is 0 Å². The van der Waals surface area contributed by atoms with Crippen LogP contribution in [0.2, 0.25) is 0 Å². The number of carbonyl (C=O) groups excluding carboxylic acids is 1. The van der Waals surface area contributed by atoms with Crippen LogP contribution in [0, 0.1) is 0 Å². The molecule has 1 aromatic rings. The van der Waals surface area contributed by atoms with Crippen LogP contribution in [0.5, 0.6) is 5.75 Å². The summed E-state index contributed by atoms with van der Waals surface area (Å²) >= 11 is 0. The van der Waals surface area contributed by atoms with Gasteiger partial charge in [-0.1, -0.05) is 0 Å². The molecule has 0 bridgehead atoms. The van der Waals surface area contributed by atoms with E-state index in [-0.39, 0.29) is 5.91 Å². The number of carbonyl (C=O) groups is 1. The highest BCUT2D eigenvalue weighted by Gasteiger charge is 2.19. The van der Waals surface area contributed by atoms with Crippen molar-refractivity contribution in [2.24, 2.45) is 10.9 Å². The molecule has 1 aliphatic rings. The van der Waals surface area contributed by atoms with Crippen LogP contribution in [0.15, 0.2) is 29.4 Å². The first-order valence-electron chi connectivity index (χ1n) is 6.03. The lowest BCUT2D eigenvalue weighted by molar-refractivity contribution is -0.128. The molecule has 1 amide bonds. The van der Waals surface area contributed by atoms with Crippen LogP contribution in [-0.4, -0.2) is 36.7 Å². The Kier molecular flexibility index (Phi) is 4.17. The molecule has 0 atom stereocenters. The topological polar surface area (TPSA) is 67.9 Å². The van der Waals surface area contributed by atoms with Gasteiger partial charge < -0.3 is 15.5 Å². The first-order valence-corrected chi connectivity index (χ1v) is 6.03. The minimum Gasteiger partial charge on any atom is -0.492 e. The third-order valence-corrected chi connectivity index (χ3v) is 2.91. The maximum absolute atomic E-state index is 11.4. The SMILES string of the molecule is NN=Cc1ccc(OCCN2CCCC2=O)cc1. The molecule has 0 spiro atoms. The van der Waals surface area contributed by atoms with Gasteiger partial charge in [-0.2, -0.15) is 5.10 Å². The number of amides is 1. The van der Waals surface area contributed by atoms with Crippen molar-refractivity contribution in [1.29, 1.82) is 0 Å². The molecule has 0 aliphatic carbocycles. The van der Waals surface area contributed by atoms with E-state index in [1.54, 1.807) is 6.21 Å². The van der Waals surface area contributed by atoms with Crippen molar-refractivity contribution in [1.82, 2.24) is 4.90 Å². The summed E-state index contributed by atoms with van der Waals surface area (Å²) in [5.41, 5.74) is 0.930. The molecule has 2 N–H and O–H groups in total. The monoisotopic (exact) mass is 247 g/mol. The largest absolute Gasteiger partial charge is 0.492 e. The van der Waals surface area contributed by atoms with E-state index in [2.05, 4.69) is 5.10 Å². The highest BCUT2D eigenvalue weighted by Crippen LogP contribution is 2.12. The average Bonchev–Trinajstić information content (AvgIpc) is 2.78. The van der Waals surface area contributed by atoms with Gasteiger partial charge >= 0.3 is 0 Å². The van der Waals surface area contributed by atoms with Gasteiger partial charge in [0.05, 0.1) is 12.8 Å². The van der Waals surface area contributed by atoms with Crippen molar-refractivity contribution in [3.63, 3.8) is 0 Å². The fraction of sp³-hybridized carbons (Fsp3) is 0.385. The Hall–Kier alpha value is -2.04. The molecule has 1 aromatic carbocycles. The molecule has 2 rings (SSSR count). The van der Waals surface area contributed by atoms with Gasteiger partial charge in [0.15, 0.2) is 0 Å². The molecule has 1 aliphatic heterocycles. The fourth-order valence-corrected chi connectivity index (χ4v) is 1.95. The Morgan fingerprint density at radius 3 is 2.78 bits per heavy atom. The lowest BCUT2D eigenvalue weighted by Crippen LogP contribution is -2.29. The highest BCUT2D eigenvalue weighted by molar-refractivity contribution is 5.79. The maximum Gasteiger partial charge on any atom is 0.222 e. The van der Waals surface area contributed by atoms with E-state index in [1.165, 1.54) is 0 Å². The Labute approximate surface area is 106 Å². The fourth-order valence-electron chi connectivity index (χ4n) is 1.95. The lowest BCUT2D eigenvalue weighted by Gasteiger charge is -2.15. The number of nitrogens with zero attached hydrogens (tertiary/aromatic N) is 2. The lowest BCUT2D eigenvalue weighted by atomic mass is 10.2. The number of ether oxygens (including phenoxy) is 1. The summed E-state index contributed by atoms with van der Waals surface area (Å²) in [7, 11) is 0. The Morgan fingerprint density at radius 1 is 1.39 bits per heavy atom. The number of benzene rings is 1. The number of hydrazone groups is 1. The molecular formula is C13H17N3O2. The van der Waals surface area contributed by atoms with Crippen LogP contribution in [0.4, 0.5) is 0 Å². The average molecular weight is 247 g/mol. The second kappa shape index (κ2) is 6.05. The van der Waals surface area contributed by atoms with E-state index in [9.17, 15) is 4.79 Å². The van der Waals surface area contributed by atoms with Gasteiger partial charge in [-0.05, 0) is 36.2 Å². The summed E-state index contributed by atoms with van der Waals surface area (Å²) in [6.45, 7) is 2.04. The van der Waals surface area contributed by atoms with E-state index in [1.807, 2.05) is 29.2 Å². The molecular weight excluding hydrogens is 230 g/mol. The van der Waals surface area contributed by atoms with Crippen molar-refractivity contribution in [3.8, 4) is 5.75 Å². The number of rotatable bonds is 5. The van der Waals surface area contributed by atoms with E-state index in [4.69, 9.17) is 10.6 Å². The first kappa shape index (κ1) is 12.4. The van der Waals surface area contributed by atoms with Crippen LogP contribution in [0.1, 0.15) is 18.4 Å². The summed E-state index contributed by atoms with van der Waals surface area (Å²) in [4.78, 5) is 13.2. The number of nitrogens with two attached hydrogens (primary N) is 1. The molecule has 0 unspecified atom stereocenters. The van der Waals surface area contributed by atoms with Crippen LogP contribution < -0.4 is 10.6 Å². The van der Waals surface area contributed by atoms with E-state index in [0.717, 1.165) is 24.3 Å². The third kappa shape index (κ3) is 3.23. The predicted molar refractivity (Wildman–Crippen MR) is 69.5 cm³/mol. The second-order valence-electron chi connectivity index (χ2n) is 4.18. The summed E-state index contributed by atoms with van der Waals surface area (Å²) < 4.78 is 5.58. The normalized spacial score (nSPS) is 15.6. The predicted octanol–water partition coefficient (Wildman–Crippen LogP) is 0.980. The molecule has 1 heterocycles. The smallest absolute Gasteiger partial charge is 0.222 e.